The average molecular weight is 291 g/mol. The highest BCUT2D eigenvalue weighted by atomic mass is 16.3. The molecule has 1 amide bonds. The van der Waals surface area contributed by atoms with E-state index in [4.69, 9.17) is 0 Å². The molecule has 3 saturated carbocycles. The van der Waals surface area contributed by atoms with Gasteiger partial charge in [-0.1, -0.05) is 19.3 Å². The maximum absolute atomic E-state index is 12.9. The number of aliphatic hydroxyl groups is 1. The lowest BCUT2D eigenvalue weighted by molar-refractivity contribution is -0.140. The Hall–Kier alpha value is -0.570. The van der Waals surface area contributed by atoms with E-state index < -0.39 is 5.60 Å². The zero-order valence-corrected chi connectivity index (χ0v) is 13.1. The smallest absolute Gasteiger partial charge is 0.225 e. The SMILES string of the molecule is O=C(CC1(O)CCCCC1)N1CC2CC3CC(C2)CC1C3. The zero-order valence-electron chi connectivity index (χ0n) is 13.1. The molecule has 2 saturated heterocycles. The molecule has 3 nitrogen and oxygen atoms in total. The summed E-state index contributed by atoms with van der Waals surface area (Å²) < 4.78 is 0. The van der Waals surface area contributed by atoms with E-state index in [-0.39, 0.29) is 5.91 Å². The molecule has 118 valence electrons. The first-order valence-electron chi connectivity index (χ1n) is 9.13. The van der Waals surface area contributed by atoms with Crippen molar-refractivity contribution >= 4 is 5.91 Å². The van der Waals surface area contributed by atoms with Crippen molar-refractivity contribution in [2.75, 3.05) is 6.54 Å². The van der Waals surface area contributed by atoms with E-state index in [9.17, 15) is 9.90 Å². The summed E-state index contributed by atoms with van der Waals surface area (Å²) in [6.45, 7) is 0.979. The van der Waals surface area contributed by atoms with Crippen molar-refractivity contribution in [3.63, 3.8) is 0 Å². The number of fused-ring (bicyclic) bond motifs is 1. The van der Waals surface area contributed by atoms with Gasteiger partial charge in [0.15, 0.2) is 0 Å². The molecule has 4 bridgehead atoms. The van der Waals surface area contributed by atoms with Crippen LogP contribution in [0, 0.1) is 17.8 Å². The van der Waals surface area contributed by atoms with E-state index in [2.05, 4.69) is 4.90 Å². The van der Waals surface area contributed by atoms with E-state index in [1.807, 2.05) is 0 Å². The van der Waals surface area contributed by atoms with Crippen LogP contribution in [0.4, 0.5) is 0 Å². The Bertz CT molecular complexity index is 401. The normalized spacial score (nSPS) is 41.1. The second kappa shape index (κ2) is 5.26. The topological polar surface area (TPSA) is 40.5 Å². The van der Waals surface area contributed by atoms with Gasteiger partial charge in [-0.2, -0.15) is 0 Å². The number of hydrogen-bond acceptors (Lipinski definition) is 2. The molecule has 0 spiro atoms. The van der Waals surface area contributed by atoms with Crippen molar-refractivity contribution in [1.82, 2.24) is 4.90 Å². The summed E-state index contributed by atoms with van der Waals surface area (Å²) in [7, 11) is 0. The molecule has 5 aliphatic rings. The second-order valence-corrected chi connectivity index (χ2v) is 8.44. The molecule has 0 radical (unpaired) electrons. The lowest BCUT2D eigenvalue weighted by Crippen LogP contribution is -2.46. The summed E-state index contributed by atoms with van der Waals surface area (Å²) >= 11 is 0. The Labute approximate surface area is 128 Å². The monoisotopic (exact) mass is 291 g/mol. The quantitative estimate of drug-likeness (QED) is 0.849. The average Bonchev–Trinajstić information content (AvgIpc) is 2.63. The van der Waals surface area contributed by atoms with Crippen molar-refractivity contribution in [3.8, 4) is 0 Å². The van der Waals surface area contributed by atoms with Gasteiger partial charge < -0.3 is 10.0 Å². The summed E-state index contributed by atoms with van der Waals surface area (Å²) in [6, 6.07) is 0.487. The van der Waals surface area contributed by atoms with Crippen LogP contribution in [0.2, 0.25) is 0 Å². The van der Waals surface area contributed by atoms with Gasteiger partial charge in [0.25, 0.3) is 0 Å². The maximum Gasteiger partial charge on any atom is 0.225 e. The van der Waals surface area contributed by atoms with Gasteiger partial charge >= 0.3 is 0 Å². The second-order valence-electron chi connectivity index (χ2n) is 8.44. The molecule has 5 fully saturated rings. The summed E-state index contributed by atoms with van der Waals surface area (Å²) in [6.07, 6.45) is 12.0. The highest BCUT2D eigenvalue weighted by molar-refractivity contribution is 5.77. The van der Waals surface area contributed by atoms with Crippen molar-refractivity contribution in [2.45, 2.75) is 82.3 Å². The van der Waals surface area contributed by atoms with Crippen LogP contribution in [0.25, 0.3) is 0 Å². The maximum atomic E-state index is 12.9. The molecule has 21 heavy (non-hydrogen) atoms. The molecule has 0 aromatic carbocycles. The largest absolute Gasteiger partial charge is 0.389 e. The van der Waals surface area contributed by atoms with Crippen molar-refractivity contribution in [2.24, 2.45) is 17.8 Å². The molecule has 0 aromatic heterocycles. The van der Waals surface area contributed by atoms with Gasteiger partial charge in [-0.05, 0) is 62.7 Å². The predicted octanol–water partition coefficient (Wildman–Crippen LogP) is 3.11. The molecular weight excluding hydrogens is 262 g/mol. The van der Waals surface area contributed by atoms with Gasteiger partial charge in [-0.15, -0.1) is 0 Å². The van der Waals surface area contributed by atoms with Crippen LogP contribution >= 0.6 is 0 Å². The molecular formula is C18H29NO2. The first-order chi connectivity index (χ1) is 10.1. The third-order valence-corrected chi connectivity index (χ3v) is 6.69. The summed E-state index contributed by atoms with van der Waals surface area (Å²) in [5.41, 5.74) is -0.696. The number of rotatable bonds is 2. The van der Waals surface area contributed by atoms with Gasteiger partial charge in [0.05, 0.1) is 12.0 Å². The van der Waals surface area contributed by atoms with Crippen LogP contribution in [-0.2, 0) is 4.79 Å². The fourth-order valence-corrected chi connectivity index (χ4v) is 5.86. The molecule has 3 aliphatic carbocycles. The van der Waals surface area contributed by atoms with E-state index >= 15 is 0 Å². The number of carbonyl (C=O) groups is 1. The Kier molecular flexibility index (Phi) is 3.52. The molecule has 2 atom stereocenters. The first kappa shape index (κ1) is 14.0. The highest BCUT2D eigenvalue weighted by Crippen LogP contribution is 2.47. The van der Waals surface area contributed by atoms with E-state index in [1.54, 1.807) is 0 Å². The highest BCUT2D eigenvalue weighted by Gasteiger charge is 2.45. The van der Waals surface area contributed by atoms with Gasteiger partial charge in [0.2, 0.25) is 5.91 Å². The minimum absolute atomic E-state index is 0.248. The van der Waals surface area contributed by atoms with E-state index in [0.717, 1.165) is 50.0 Å². The Morgan fingerprint density at radius 2 is 1.57 bits per heavy atom. The fraction of sp³-hybridized carbons (Fsp3) is 0.944. The molecule has 2 aliphatic heterocycles. The van der Waals surface area contributed by atoms with Crippen LogP contribution in [-0.4, -0.2) is 34.1 Å². The van der Waals surface area contributed by atoms with E-state index in [1.165, 1.54) is 38.5 Å². The van der Waals surface area contributed by atoms with Crippen molar-refractivity contribution in [3.05, 3.63) is 0 Å². The lowest BCUT2D eigenvalue weighted by Gasteiger charge is -2.40. The van der Waals surface area contributed by atoms with Crippen LogP contribution in [0.1, 0.15) is 70.6 Å². The molecule has 3 heteroatoms. The summed E-state index contributed by atoms with van der Waals surface area (Å²) in [5, 5.41) is 10.7. The molecule has 0 aromatic rings. The number of hydrogen-bond donors (Lipinski definition) is 1. The van der Waals surface area contributed by atoms with Crippen LogP contribution in [0.15, 0.2) is 0 Å². The Balaban J connectivity index is 1.46. The van der Waals surface area contributed by atoms with Gasteiger partial charge in [-0.25, -0.2) is 0 Å². The summed E-state index contributed by atoms with van der Waals surface area (Å²) in [5.74, 6) is 2.75. The minimum atomic E-state index is -0.696. The lowest BCUT2D eigenvalue weighted by atomic mass is 9.68. The van der Waals surface area contributed by atoms with Gasteiger partial charge in [-0.3, -0.25) is 4.79 Å². The zero-order chi connectivity index (χ0) is 14.4. The van der Waals surface area contributed by atoms with Crippen molar-refractivity contribution < 1.29 is 9.90 Å². The third-order valence-electron chi connectivity index (χ3n) is 6.69. The number of nitrogens with zero attached hydrogens (tertiary/aromatic N) is 1. The summed E-state index contributed by atoms with van der Waals surface area (Å²) in [4.78, 5) is 15.0. The van der Waals surface area contributed by atoms with Crippen LogP contribution in [0.3, 0.4) is 0 Å². The number of amides is 1. The molecule has 1 N–H and O–H groups in total. The van der Waals surface area contributed by atoms with Gasteiger partial charge in [0.1, 0.15) is 0 Å². The standard InChI is InChI=1S/C18H29NO2/c20-17(11-18(21)4-2-1-3-5-18)19-12-15-7-13-6-14(8-15)10-16(19)9-13/h13-16,21H,1-12H2. The fourth-order valence-electron chi connectivity index (χ4n) is 5.86. The predicted molar refractivity (Wildman–Crippen MR) is 81.7 cm³/mol. The van der Waals surface area contributed by atoms with Crippen LogP contribution in [0.5, 0.6) is 0 Å². The molecule has 5 rings (SSSR count). The minimum Gasteiger partial charge on any atom is -0.389 e. The van der Waals surface area contributed by atoms with Gasteiger partial charge in [0, 0.05) is 12.6 Å². The Morgan fingerprint density at radius 1 is 0.952 bits per heavy atom. The van der Waals surface area contributed by atoms with Crippen LogP contribution < -0.4 is 0 Å². The van der Waals surface area contributed by atoms with Crippen molar-refractivity contribution in [1.29, 1.82) is 0 Å². The molecule has 2 unspecified atom stereocenters. The third kappa shape index (κ3) is 2.74. The first-order valence-corrected chi connectivity index (χ1v) is 9.13. The number of carbonyl (C=O) groups excluding carboxylic acids is 1. The van der Waals surface area contributed by atoms with E-state index in [0.29, 0.717) is 12.5 Å². The Morgan fingerprint density at radius 3 is 2.24 bits per heavy atom. The molecule has 2 heterocycles.